The van der Waals surface area contributed by atoms with Gasteiger partial charge in [-0.1, -0.05) is 13.8 Å². The number of nitrogens with one attached hydrogen (secondary N) is 1. The molecule has 6 nitrogen and oxygen atoms in total. The van der Waals surface area contributed by atoms with Crippen molar-refractivity contribution in [2.45, 2.75) is 26.8 Å². The minimum Gasteiger partial charge on any atom is -0.502 e. The maximum atomic E-state index is 9.96. The monoisotopic (exact) mass is 449 g/mol. The van der Waals surface area contributed by atoms with Crippen molar-refractivity contribution in [2.75, 3.05) is 34.4 Å². The van der Waals surface area contributed by atoms with Crippen LogP contribution in [-0.2, 0) is 6.54 Å². The van der Waals surface area contributed by atoms with Gasteiger partial charge < -0.3 is 24.8 Å². The average molecular weight is 449 g/mol. The summed E-state index contributed by atoms with van der Waals surface area (Å²) in [5.41, 5.74) is 1.28. The molecule has 0 atom stereocenters. The maximum Gasteiger partial charge on any atom is 0.200 e. The molecule has 7 heteroatoms. The van der Waals surface area contributed by atoms with Crippen molar-refractivity contribution in [1.82, 2.24) is 10.2 Å². The van der Waals surface area contributed by atoms with Crippen LogP contribution in [-0.4, -0.2) is 50.3 Å². The zero-order valence-electron chi connectivity index (χ0n) is 15.0. The molecule has 0 radical (unpaired) electrons. The molecule has 2 rings (SSSR count). The van der Waals surface area contributed by atoms with Gasteiger partial charge in [0, 0.05) is 26.7 Å². The summed E-state index contributed by atoms with van der Waals surface area (Å²) in [4.78, 5) is 6.65. The summed E-state index contributed by atoms with van der Waals surface area (Å²) in [6.07, 6.45) is 1.16. The standard InChI is InChI=1S/C17H27N3O3.HI/c1-17(2)6-7-20(11-17)16(18-3)19-10-12-8-13(22-4)15(21)14(9-12)23-5;/h8-9,21H,6-7,10-11H2,1-5H3,(H,18,19);1H. The molecule has 0 bridgehead atoms. The van der Waals surface area contributed by atoms with Crippen molar-refractivity contribution in [2.24, 2.45) is 10.4 Å². The van der Waals surface area contributed by atoms with Crippen molar-refractivity contribution < 1.29 is 14.6 Å². The Morgan fingerprint density at radius 2 is 1.88 bits per heavy atom. The molecule has 0 aliphatic carbocycles. The first kappa shape index (κ1) is 20.7. The van der Waals surface area contributed by atoms with Gasteiger partial charge in [0.1, 0.15) is 0 Å². The zero-order valence-corrected chi connectivity index (χ0v) is 17.4. The van der Waals surface area contributed by atoms with Crippen molar-refractivity contribution >= 4 is 29.9 Å². The molecule has 0 saturated carbocycles. The zero-order chi connectivity index (χ0) is 17.0. The Labute approximate surface area is 161 Å². The van der Waals surface area contributed by atoms with E-state index in [0.717, 1.165) is 31.0 Å². The van der Waals surface area contributed by atoms with Crippen molar-refractivity contribution in [3.8, 4) is 17.2 Å². The Kier molecular flexibility index (Phi) is 7.44. The highest BCUT2D eigenvalue weighted by molar-refractivity contribution is 14.0. The summed E-state index contributed by atoms with van der Waals surface area (Å²) < 4.78 is 10.4. The lowest BCUT2D eigenvalue weighted by Crippen LogP contribution is -2.40. The van der Waals surface area contributed by atoms with E-state index in [2.05, 4.69) is 29.1 Å². The van der Waals surface area contributed by atoms with E-state index in [-0.39, 0.29) is 29.7 Å². The number of halogens is 1. The Morgan fingerprint density at radius 3 is 2.29 bits per heavy atom. The number of phenolic OH excluding ortho intramolecular Hbond substituents is 1. The van der Waals surface area contributed by atoms with Crippen LogP contribution in [0.4, 0.5) is 0 Å². The van der Waals surface area contributed by atoms with Crippen LogP contribution in [0.5, 0.6) is 17.2 Å². The van der Waals surface area contributed by atoms with E-state index in [4.69, 9.17) is 9.47 Å². The number of aliphatic imine (C=N–C) groups is 1. The molecule has 136 valence electrons. The molecule has 1 aromatic carbocycles. The second-order valence-electron chi connectivity index (χ2n) is 6.59. The van der Waals surface area contributed by atoms with Crippen LogP contribution in [0.15, 0.2) is 17.1 Å². The molecule has 1 aliphatic rings. The third kappa shape index (κ3) is 4.81. The van der Waals surface area contributed by atoms with Gasteiger partial charge in [-0.3, -0.25) is 4.99 Å². The first-order chi connectivity index (χ1) is 10.9. The number of phenols is 1. The number of methoxy groups -OCH3 is 2. The fraction of sp³-hybridized carbons (Fsp3) is 0.588. The minimum atomic E-state index is 0. The largest absolute Gasteiger partial charge is 0.502 e. The number of guanidine groups is 1. The summed E-state index contributed by atoms with van der Waals surface area (Å²) in [5, 5.41) is 13.3. The van der Waals surface area contributed by atoms with E-state index < -0.39 is 0 Å². The quantitative estimate of drug-likeness (QED) is 0.421. The van der Waals surface area contributed by atoms with Gasteiger partial charge in [-0.05, 0) is 29.5 Å². The number of aromatic hydroxyl groups is 1. The summed E-state index contributed by atoms with van der Waals surface area (Å²) in [7, 11) is 4.85. The number of benzene rings is 1. The Morgan fingerprint density at radius 1 is 1.29 bits per heavy atom. The Bertz CT molecular complexity index is 565. The number of rotatable bonds is 4. The average Bonchev–Trinajstić information content (AvgIpc) is 2.89. The molecule has 1 heterocycles. The molecular formula is C17H28IN3O3. The van der Waals surface area contributed by atoms with Gasteiger partial charge in [-0.15, -0.1) is 24.0 Å². The second-order valence-corrected chi connectivity index (χ2v) is 6.59. The summed E-state index contributed by atoms with van der Waals surface area (Å²) in [6.45, 7) is 7.13. The molecule has 1 aromatic rings. The van der Waals surface area contributed by atoms with Crippen LogP contribution < -0.4 is 14.8 Å². The Balaban J connectivity index is 0.00000288. The van der Waals surface area contributed by atoms with Crippen LogP contribution in [0.2, 0.25) is 0 Å². The van der Waals surface area contributed by atoms with Gasteiger partial charge in [-0.25, -0.2) is 0 Å². The Hall–Kier alpha value is -1.38. The van der Waals surface area contributed by atoms with Gasteiger partial charge in [0.2, 0.25) is 5.75 Å². The lowest BCUT2D eigenvalue weighted by molar-refractivity contribution is 0.339. The molecule has 1 fully saturated rings. The highest BCUT2D eigenvalue weighted by atomic mass is 127. The number of hydrogen-bond donors (Lipinski definition) is 2. The highest BCUT2D eigenvalue weighted by Gasteiger charge is 2.30. The van der Waals surface area contributed by atoms with Crippen LogP contribution in [0.3, 0.4) is 0 Å². The predicted octanol–water partition coefficient (Wildman–Crippen LogP) is 2.83. The van der Waals surface area contributed by atoms with E-state index >= 15 is 0 Å². The van der Waals surface area contributed by atoms with Crippen molar-refractivity contribution in [1.29, 1.82) is 0 Å². The van der Waals surface area contributed by atoms with Crippen LogP contribution >= 0.6 is 24.0 Å². The van der Waals surface area contributed by atoms with E-state index in [0.29, 0.717) is 23.5 Å². The van der Waals surface area contributed by atoms with Gasteiger partial charge in [0.15, 0.2) is 17.5 Å². The third-order valence-electron chi connectivity index (χ3n) is 4.18. The molecule has 0 spiro atoms. The van der Waals surface area contributed by atoms with Crippen molar-refractivity contribution in [3.05, 3.63) is 17.7 Å². The first-order valence-corrected chi connectivity index (χ1v) is 7.79. The third-order valence-corrected chi connectivity index (χ3v) is 4.18. The molecule has 1 saturated heterocycles. The molecule has 0 aromatic heterocycles. The summed E-state index contributed by atoms with van der Waals surface area (Å²) in [5.74, 6) is 1.71. The lowest BCUT2D eigenvalue weighted by atomic mass is 9.93. The van der Waals surface area contributed by atoms with Crippen LogP contribution in [0, 0.1) is 5.41 Å². The maximum absolute atomic E-state index is 9.96. The van der Waals surface area contributed by atoms with E-state index in [1.54, 1.807) is 19.2 Å². The van der Waals surface area contributed by atoms with E-state index in [9.17, 15) is 5.11 Å². The van der Waals surface area contributed by atoms with Gasteiger partial charge in [0.05, 0.1) is 14.2 Å². The van der Waals surface area contributed by atoms with Gasteiger partial charge in [0.25, 0.3) is 0 Å². The number of ether oxygens (including phenoxy) is 2. The van der Waals surface area contributed by atoms with E-state index in [1.165, 1.54) is 14.2 Å². The lowest BCUT2D eigenvalue weighted by Gasteiger charge is -2.24. The first-order valence-electron chi connectivity index (χ1n) is 7.79. The van der Waals surface area contributed by atoms with Gasteiger partial charge in [-0.2, -0.15) is 0 Å². The second kappa shape index (κ2) is 8.64. The number of hydrogen-bond acceptors (Lipinski definition) is 4. The van der Waals surface area contributed by atoms with Crippen LogP contribution in [0.25, 0.3) is 0 Å². The number of nitrogens with zero attached hydrogens (tertiary/aromatic N) is 2. The highest BCUT2D eigenvalue weighted by Crippen LogP contribution is 2.37. The fourth-order valence-electron chi connectivity index (χ4n) is 2.86. The smallest absolute Gasteiger partial charge is 0.200 e. The van der Waals surface area contributed by atoms with Crippen LogP contribution in [0.1, 0.15) is 25.8 Å². The van der Waals surface area contributed by atoms with E-state index in [1.807, 2.05) is 0 Å². The molecule has 24 heavy (non-hydrogen) atoms. The molecule has 0 unspecified atom stereocenters. The molecule has 2 N–H and O–H groups in total. The summed E-state index contributed by atoms with van der Waals surface area (Å²) in [6, 6.07) is 3.60. The van der Waals surface area contributed by atoms with Gasteiger partial charge >= 0.3 is 0 Å². The fourth-order valence-corrected chi connectivity index (χ4v) is 2.86. The number of likely N-dealkylation sites (tertiary alicyclic amines) is 1. The predicted molar refractivity (Wildman–Crippen MR) is 107 cm³/mol. The molecule has 0 amide bonds. The normalized spacial score (nSPS) is 16.5. The minimum absolute atomic E-state index is 0. The molecular weight excluding hydrogens is 421 g/mol. The van der Waals surface area contributed by atoms with Crippen molar-refractivity contribution in [3.63, 3.8) is 0 Å². The topological polar surface area (TPSA) is 66.3 Å². The summed E-state index contributed by atoms with van der Waals surface area (Å²) >= 11 is 0. The molecule has 1 aliphatic heterocycles. The SMILES string of the molecule is CN=C(NCc1cc(OC)c(O)c(OC)c1)N1CCC(C)(C)C1.I.